The molecule has 0 aromatic carbocycles. The fraction of sp³-hybridized carbons (Fsp3) is 0.769. The van der Waals surface area contributed by atoms with E-state index in [1.165, 1.54) is 5.57 Å². The zero-order valence-electron chi connectivity index (χ0n) is 44.9. The molecular formula is C52H80N4O16. The lowest BCUT2D eigenvalue weighted by Crippen LogP contribution is -2.32. The second kappa shape index (κ2) is 26.3. The Kier molecular flexibility index (Phi) is 22.8. The molecule has 0 bridgehead atoms. The predicted molar refractivity (Wildman–Crippen MR) is 260 cm³/mol. The van der Waals surface area contributed by atoms with Crippen molar-refractivity contribution in [2.45, 2.75) is 232 Å². The summed E-state index contributed by atoms with van der Waals surface area (Å²) in [4.78, 5) is 107. The third kappa shape index (κ3) is 21.5. The van der Waals surface area contributed by atoms with Gasteiger partial charge in [-0.25, -0.2) is 0 Å². The largest absolute Gasteiger partial charge is 0.460 e. The molecule has 7 aliphatic rings. The van der Waals surface area contributed by atoms with E-state index in [0.717, 1.165) is 82.8 Å². The summed E-state index contributed by atoms with van der Waals surface area (Å²) in [6, 6.07) is 0. The molecular weight excluding hydrogens is 937 g/mol. The minimum Gasteiger partial charge on any atom is -0.460 e. The topological polar surface area (TPSA) is 281 Å². The van der Waals surface area contributed by atoms with Crippen molar-refractivity contribution in [3.05, 3.63) is 12.2 Å². The van der Waals surface area contributed by atoms with E-state index < -0.39 is 28.3 Å². The van der Waals surface area contributed by atoms with Gasteiger partial charge >= 0.3 is 36.2 Å². The van der Waals surface area contributed by atoms with Crippen molar-refractivity contribution < 1.29 is 76.6 Å². The molecule has 3 aliphatic heterocycles. The van der Waals surface area contributed by atoms with Crippen LogP contribution in [-0.4, -0.2) is 98.9 Å². The van der Waals surface area contributed by atoms with E-state index in [0.29, 0.717) is 25.7 Å². The van der Waals surface area contributed by atoms with Crippen LogP contribution in [-0.2, 0) is 76.6 Å². The van der Waals surface area contributed by atoms with Crippen molar-refractivity contribution >= 4 is 59.7 Å². The third-order valence-corrected chi connectivity index (χ3v) is 12.3. The monoisotopic (exact) mass is 1020 g/mol. The van der Waals surface area contributed by atoms with Crippen molar-refractivity contribution in [2.24, 2.45) is 44.9 Å². The lowest BCUT2D eigenvalue weighted by Gasteiger charge is -2.23. The second-order valence-corrected chi connectivity index (χ2v) is 23.4. The molecule has 7 unspecified atom stereocenters. The number of hydrogen-bond donors (Lipinski definition) is 1. The maximum Gasteiger partial charge on any atom is 0.373 e. The molecule has 2 N–H and O–H groups in total. The van der Waals surface area contributed by atoms with Gasteiger partial charge < -0.3 is 39.2 Å². The zero-order chi connectivity index (χ0) is 54.9. The van der Waals surface area contributed by atoms with E-state index in [9.17, 15) is 24.0 Å². The number of primary amides is 1. The average molecular weight is 1020 g/mol. The highest BCUT2D eigenvalue weighted by atomic mass is 16.7. The van der Waals surface area contributed by atoms with Gasteiger partial charge in [0, 0.05) is 44.7 Å². The number of carbonyl (C=O) groups is 5. The lowest BCUT2D eigenvalue weighted by atomic mass is 9.93. The number of nitrogens with two attached hydrogens (primary N) is 1. The first-order valence-corrected chi connectivity index (χ1v) is 24.7. The normalized spacial score (nSPS) is 27.5. The fourth-order valence-corrected chi connectivity index (χ4v) is 9.13. The lowest BCUT2D eigenvalue weighted by molar-refractivity contribution is -0.193. The van der Waals surface area contributed by atoms with Gasteiger partial charge in [0.05, 0.1) is 29.4 Å². The molecule has 72 heavy (non-hydrogen) atoms. The molecule has 4 fully saturated rings. The molecule has 0 aromatic heterocycles. The molecule has 4 saturated carbocycles. The number of amides is 1. The Morgan fingerprint density at radius 3 is 1.31 bits per heavy atom. The summed E-state index contributed by atoms with van der Waals surface area (Å²) in [5, 5.41) is 11.7. The van der Waals surface area contributed by atoms with Gasteiger partial charge in [0.2, 0.25) is 0 Å². The van der Waals surface area contributed by atoms with Gasteiger partial charge in [-0.15, -0.1) is 0 Å². The number of carbonyl (C=O) groups excluding carboxylic acids is 9. The van der Waals surface area contributed by atoms with Crippen LogP contribution in [0.3, 0.4) is 0 Å². The first-order chi connectivity index (χ1) is 33.2. The molecule has 20 heteroatoms. The van der Waals surface area contributed by atoms with Crippen LogP contribution >= 0.6 is 0 Å². The van der Waals surface area contributed by atoms with Crippen LogP contribution in [0.5, 0.6) is 0 Å². The number of esters is 4. The number of hydrogen-bond acceptors (Lipinski definition) is 19. The Labute approximate surface area is 424 Å². The van der Waals surface area contributed by atoms with Gasteiger partial charge in [-0.2, -0.15) is 19.2 Å². The van der Waals surface area contributed by atoms with Crippen LogP contribution in [0, 0.1) is 23.7 Å². The van der Waals surface area contributed by atoms with E-state index in [2.05, 4.69) is 29.0 Å². The highest BCUT2D eigenvalue weighted by Gasteiger charge is 2.51. The highest BCUT2D eigenvalue weighted by Crippen LogP contribution is 2.46. The Hall–Kier alpha value is -5.74. The van der Waals surface area contributed by atoms with Crippen LogP contribution in [0.2, 0.25) is 0 Å². The van der Waals surface area contributed by atoms with Gasteiger partial charge in [-0.1, -0.05) is 34.5 Å². The SMILES string of the molecule is C=C1CCC(C(=O)OC(C)(C)C)C1.CC(C)(C)OC(=O)C1CCC2(CC(C(N)=O)=NO2)C1.CC(C)(C)OC(=O)C1CCC2(CC=NO2)C1.CCC1=NOC2(CCC(C(=O)OC(C)(C)C)C2)C1.O=C=O.O=C=O. The van der Waals surface area contributed by atoms with Gasteiger partial charge in [-0.3, -0.25) is 24.0 Å². The number of rotatable bonds is 6. The Morgan fingerprint density at radius 1 is 0.611 bits per heavy atom. The quantitative estimate of drug-likeness (QED) is 0.150. The van der Waals surface area contributed by atoms with Crippen molar-refractivity contribution in [3.8, 4) is 0 Å². The molecule has 20 nitrogen and oxygen atoms in total. The summed E-state index contributed by atoms with van der Waals surface area (Å²) >= 11 is 0. The summed E-state index contributed by atoms with van der Waals surface area (Å²) in [5.74, 6) is -1.21. The molecule has 7 rings (SSSR count). The summed E-state index contributed by atoms with van der Waals surface area (Å²) < 4.78 is 21.5. The van der Waals surface area contributed by atoms with Gasteiger partial charge in [0.15, 0.2) is 0 Å². The van der Waals surface area contributed by atoms with E-state index in [1.54, 1.807) is 6.21 Å². The van der Waals surface area contributed by atoms with E-state index in [1.807, 2.05) is 83.1 Å². The molecule has 4 aliphatic carbocycles. The molecule has 1 amide bonds. The minimum atomic E-state index is -0.558. The van der Waals surface area contributed by atoms with Crippen LogP contribution < -0.4 is 5.73 Å². The Balaban J connectivity index is 0.000000319. The van der Waals surface area contributed by atoms with Crippen LogP contribution in [0.4, 0.5) is 0 Å². The van der Waals surface area contributed by atoms with Crippen molar-refractivity contribution in [1.29, 1.82) is 0 Å². The molecule has 3 spiro atoms. The van der Waals surface area contributed by atoms with Gasteiger partial charge in [-0.05, 0) is 147 Å². The molecule has 0 radical (unpaired) electrons. The van der Waals surface area contributed by atoms with E-state index >= 15 is 0 Å². The summed E-state index contributed by atoms with van der Waals surface area (Å²) in [6.45, 7) is 28.6. The third-order valence-electron chi connectivity index (χ3n) is 12.3. The van der Waals surface area contributed by atoms with Gasteiger partial charge in [0.1, 0.15) is 44.9 Å². The first-order valence-electron chi connectivity index (χ1n) is 24.7. The number of oxime groups is 3. The summed E-state index contributed by atoms with van der Waals surface area (Å²) in [5.41, 5.74) is 5.11. The number of ether oxygens (including phenoxy) is 4. The molecule has 0 saturated heterocycles. The highest BCUT2D eigenvalue weighted by molar-refractivity contribution is 6.38. The molecule has 0 aromatic rings. The average Bonchev–Trinajstić information content (AvgIpc) is 4.11. The van der Waals surface area contributed by atoms with Crippen molar-refractivity contribution in [1.82, 2.24) is 0 Å². The van der Waals surface area contributed by atoms with E-state index in [4.69, 9.17) is 58.4 Å². The standard InChI is InChI=1S/C14H23NO3.C13H20N2O4.C12H19NO3.C11H18O2.2CO2/c1-5-11-9-14(18-15-11)7-6-10(8-14)12(16)17-13(2,3)4;1-12(2,3)18-11(17)8-4-5-13(6-8)7-9(10(14)16)15-19-13;1-11(2,3)15-10(14)9-4-5-12(8-9)6-7-13-16-12;1-8-5-6-9(7-8)10(12)13-11(2,3)4;2*2-1-3/h10H,5-9H2,1-4H3;8H,4-7H2,1-3H3,(H2,14,16);7,9H,4-6,8H2,1-3H3;9H,1,5-7H2,2-4H3;;. The Morgan fingerprint density at radius 2 is 0.986 bits per heavy atom. The maximum absolute atomic E-state index is 12.0. The van der Waals surface area contributed by atoms with E-state index in [-0.39, 0.29) is 82.4 Å². The summed E-state index contributed by atoms with van der Waals surface area (Å²) in [7, 11) is 0. The first kappa shape index (κ1) is 62.4. The van der Waals surface area contributed by atoms with Crippen LogP contribution in [0.25, 0.3) is 0 Å². The van der Waals surface area contributed by atoms with Crippen LogP contribution in [0.15, 0.2) is 27.6 Å². The van der Waals surface area contributed by atoms with Crippen molar-refractivity contribution in [2.75, 3.05) is 0 Å². The molecule has 404 valence electrons. The Bertz CT molecular complexity index is 2060. The smallest absolute Gasteiger partial charge is 0.373 e. The number of nitrogens with zero attached hydrogens (tertiary/aromatic N) is 3. The molecule has 7 atom stereocenters. The fourth-order valence-electron chi connectivity index (χ4n) is 9.13. The second-order valence-electron chi connectivity index (χ2n) is 23.4. The summed E-state index contributed by atoms with van der Waals surface area (Å²) in [6.07, 6.45) is 14.9. The zero-order valence-corrected chi connectivity index (χ0v) is 44.9. The number of allylic oxidation sites excluding steroid dienone is 1. The van der Waals surface area contributed by atoms with Crippen LogP contribution in [0.1, 0.15) is 193 Å². The van der Waals surface area contributed by atoms with Gasteiger partial charge in [0.25, 0.3) is 5.91 Å². The molecule has 3 heterocycles. The van der Waals surface area contributed by atoms with Crippen molar-refractivity contribution in [3.63, 3.8) is 0 Å². The predicted octanol–water partition coefficient (Wildman–Crippen LogP) is 7.97. The minimum absolute atomic E-state index is 0.0269. The maximum atomic E-state index is 12.0.